The van der Waals surface area contributed by atoms with Gasteiger partial charge in [-0.25, -0.2) is 9.78 Å². The summed E-state index contributed by atoms with van der Waals surface area (Å²) in [6.07, 6.45) is 1.16. The Morgan fingerprint density at radius 2 is 2.33 bits per heavy atom. The average molecular weight is 296 g/mol. The zero-order chi connectivity index (χ0) is 15.2. The number of hydrogen-bond acceptors (Lipinski definition) is 5. The van der Waals surface area contributed by atoms with Crippen molar-refractivity contribution in [1.82, 2.24) is 9.88 Å². The van der Waals surface area contributed by atoms with E-state index in [2.05, 4.69) is 4.98 Å². The number of carboxylic acid groups (broad SMARTS) is 1. The number of amides is 1. The van der Waals surface area contributed by atoms with Crippen molar-refractivity contribution in [1.29, 1.82) is 0 Å². The highest BCUT2D eigenvalue weighted by molar-refractivity contribution is 5.65. The van der Waals surface area contributed by atoms with E-state index in [1.807, 2.05) is 6.92 Å². The Morgan fingerprint density at radius 3 is 3.00 bits per heavy atom. The standard InChI is InChI=1S/C14H20N2O5/c1-10-7-12(9-16(10)14(17)18)21-13-8-11(3-4-15-13)20-6-5-19-2/h3-4,8,10,12H,5-7,9H2,1-2H3,(H,17,18)/t10-,12+/m0/s1. The molecule has 2 rings (SSSR count). The van der Waals surface area contributed by atoms with Gasteiger partial charge in [0.1, 0.15) is 18.5 Å². The molecule has 1 fully saturated rings. The highest BCUT2D eigenvalue weighted by Gasteiger charge is 2.33. The second-order valence-corrected chi connectivity index (χ2v) is 4.93. The smallest absolute Gasteiger partial charge is 0.407 e. The van der Waals surface area contributed by atoms with Gasteiger partial charge in [0.15, 0.2) is 0 Å². The molecule has 116 valence electrons. The van der Waals surface area contributed by atoms with Gasteiger partial charge >= 0.3 is 6.09 Å². The zero-order valence-corrected chi connectivity index (χ0v) is 12.2. The first kappa shape index (κ1) is 15.4. The summed E-state index contributed by atoms with van der Waals surface area (Å²) in [5.74, 6) is 1.09. The summed E-state index contributed by atoms with van der Waals surface area (Å²) in [4.78, 5) is 16.5. The summed E-state index contributed by atoms with van der Waals surface area (Å²) in [7, 11) is 1.61. The molecule has 0 aliphatic carbocycles. The monoisotopic (exact) mass is 296 g/mol. The normalized spacial score (nSPS) is 21.3. The fraction of sp³-hybridized carbons (Fsp3) is 0.571. The predicted octanol–water partition coefficient (Wildman–Crippen LogP) is 1.63. The zero-order valence-electron chi connectivity index (χ0n) is 12.2. The van der Waals surface area contributed by atoms with E-state index in [-0.39, 0.29) is 12.1 Å². The third kappa shape index (κ3) is 4.22. The van der Waals surface area contributed by atoms with E-state index in [0.29, 0.717) is 37.8 Å². The van der Waals surface area contributed by atoms with E-state index >= 15 is 0 Å². The van der Waals surface area contributed by atoms with Crippen molar-refractivity contribution in [2.75, 3.05) is 26.9 Å². The highest BCUT2D eigenvalue weighted by atomic mass is 16.5. The third-order valence-corrected chi connectivity index (χ3v) is 3.33. The van der Waals surface area contributed by atoms with Crippen LogP contribution < -0.4 is 9.47 Å². The maximum Gasteiger partial charge on any atom is 0.407 e. The van der Waals surface area contributed by atoms with Gasteiger partial charge in [-0.05, 0) is 13.0 Å². The SMILES string of the molecule is COCCOc1ccnc(O[C@@H]2C[C@H](C)N(C(=O)O)C2)c1. The van der Waals surface area contributed by atoms with Crippen LogP contribution in [0.1, 0.15) is 13.3 Å². The molecule has 0 saturated carbocycles. The Bertz CT molecular complexity index is 482. The molecule has 1 aromatic rings. The molecule has 1 aromatic heterocycles. The molecule has 0 unspecified atom stereocenters. The van der Waals surface area contributed by atoms with E-state index in [1.54, 1.807) is 25.4 Å². The van der Waals surface area contributed by atoms with Crippen LogP contribution in [0.4, 0.5) is 4.79 Å². The Kier molecular flexibility index (Phi) is 5.21. The molecule has 0 aromatic carbocycles. The van der Waals surface area contributed by atoms with Crippen LogP contribution in [-0.2, 0) is 4.74 Å². The van der Waals surface area contributed by atoms with Crippen LogP contribution in [0.2, 0.25) is 0 Å². The number of methoxy groups -OCH3 is 1. The molecule has 0 radical (unpaired) electrons. The number of ether oxygens (including phenoxy) is 3. The summed E-state index contributed by atoms with van der Waals surface area (Å²) in [5, 5.41) is 9.06. The van der Waals surface area contributed by atoms with Crippen molar-refractivity contribution < 1.29 is 24.1 Å². The van der Waals surface area contributed by atoms with Crippen LogP contribution in [0.5, 0.6) is 11.6 Å². The van der Waals surface area contributed by atoms with Crippen LogP contribution in [0, 0.1) is 0 Å². The fourth-order valence-corrected chi connectivity index (χ4v) is 2.29. The number of pyridine rings is 1. The summed E-state index contributed by atoms with van der Waals surface area (Å²) in [6.45, 7) is 3.18. The van der Waals surface area contributed by atoms with Gasteiger partial charge in [0, 0.05) is 31.8 Å². The molecule has 2 heterocycles. The van der Waals surface area contributed by atoms with Crippen molar-refractivity contribution >= 4 is 6.09 Å². The first-order valence-electron chi connectivity index (χ1n) is 6.84. The maximum atomic E-state index is 11.0. The van der Waals surface area contributed by atoms with E-state index in [9.17, 15) is 4.79 Å². The minimum absolute atomic E-state index is 0.0476. The molecule has 21 heavy (non-hydrogen) atoms. The fourth-order valence-electron chi connectivity index (χ4n) is 2.29. The van der Waals surface area contributed by atoms with Gasteiger partial charge in [-0.3, -0.25) is 0 Å². The van der Waals surface area contributed by atoms with Gasteiger partial charge in [-0.2, -0.15) is 0 Å². The van der Waals surface area contributed by atoms with Gasteiger partial charge < -0.3 is 24.2 Å². The maximum absolute atomic E-state index is 11.0. The highest BCUT2D eigenvalue weighted by Crippen LogP contribution is 2.23. The number of rotatable bonds is 6. The second-order valence-electron chi connectivity index (χ2n) is 4.93. The van der Waals surface area contributed by atoms with E-state index in [0.717, 1.165) is 0 Å². The molecule has 7 heteroatoms. The number of likely N-dealkylation sites (tertiary alicyclic amines) is 1. The van der Waals surface area contributed by atoms with Crippen LogP contribution in [0.25, 0.3) is 0 Å². The van der Waals surface area contributed by atoms with E-state index in [1.165, 1.54) is 4.90 Å². The molecule has 1 saturated heterocycles. The van der Waals surface area contributed by atoms with Gasteiger partial charge in [0.25, 0.3) is 0 Å². The average Bonchev–Trinajstić information content (AvgIpc) is 2.80. The summed E-state index contributed by atoms with van der Waals surface area (Å²) in [5.41, 5.74) is 0. The minimum Gasteiger partial charge on any atom is -0.491 e. The molecule has 1 amide bonds. The molecule has 1 N–H and O–H groups in total. The molecule has 1 aliphatic heterocycles. The lowest BCUT2D eigenvalue weighted by molar-refractivity contribution is 0.135. The summed E-state index contributed by atoms with van der Waals surface area (Å²) < 4.78 is 16.1. The number of carbonyl (C=O) groups is 1. The minimum atomic E-state index is -0.918. The molecule has 7 nitrogen and oxygen atoms in total. The quantitative estimate of drug-likeness (QED) is 0.804. The van der Waals surface area contributed by atoms with Crippen LogP contribution in [-0.4, -0.2) is 60.1 Å². The van der Waals surface area contributed by atoms with Gasteiger partial charge in [-0.1, -0.05) is 0 Å². The molecule has 0 spiro atoms. The molecule has 0 bridgehead atoms. The molecular formula is C14H20N2O5. The molecule has 1 aliphatic rings. The van der Waals surface area contributed by atoms with E-state index in [4.69, 9.17) is 19.3 Å². The number of aromatic nitrogens is 1. The largest absolute Gasteiger partial charge is 0.491 e. The number of nitrogens with zero attached hydrogens (tertiary/aromatic N) is 2. The van der Waals surface area contributed by atoms with Gasteiger partial charge in [0.05, 0.1) is 13.2 Å². The lowest BCUT2D eigenvalue weighted by Crippen LogP contribution is -2.33. The molecule has 2 atom stereocenters. The third-order valence-electron chi connectivity index (χ3n) is 3.33. The Balaban J connectivity index is 1.91. The van der Waals surface area contributed by atoms with Crippen molar-refractivity contribution in [3.63, 3.8) is 0 Å². The lowest BCUT2D eigenvalue weighted by atomic mass is 10.2. The Hall–Kier alpha value is -2.02. The summed E-state index contributed by atoms with van der Waals surface area (Å²) in [6, 6.07) is 3.39. The number of hydrogen-bond donors (Lipinski definition) is 1. The van der Waals surface area contributed by atoms with E-state index < -0.39 is 6.09 Å². The second kappa shape index (κ2) is 7.12. The first-order valence-corrected chi connectivity index (χ1v) is 6.84. The topological polar surface area (TPSA) is 81.1 Å². The first-order chi connectivity index (χ1) is 10.1. The van der Waals surface area contributed by atoms with Crippen LogP contribution in [0.3, 0.4) is 0 Å². The van der Waals surface area contributed by atoms with Crippen molar-refractivity contribution in [2.24, 2.45) is 0 Å². The van der Waals surface area contributed by atoms with Crippen LogP contribution >= 0.6 is 0 Å². The molecular weight excluding hydrogens is 276 g/mol. The van der Waals surface area contributed by atoms with Crippen molar-refractivity contribution in [3.8, 4) is 11.6 Å². The van der Waals surface area contributed by atoms with Crippen LogP contribution in [0.15, 0.2) is 18.3 Å². The lowest BCUT2D eigenvalue weighted by Gasteiger charge is -2.16. The van der Waals surface area contributed by atoms with Gasteiger partial charge in [0.2, 0.25) is 5.88 Å². The van der Waals surface area contributed by atoms with Crippen molar-refractivity contribution in [3.05, 3.63) is 18.3 Å². The van der Waals surface area contributed by atoms with Crippen molar-refractivity contribution in [2.45, 2.75) is 25.5 Å². The predicted molar refractivity (Wildman–Crippen MR) is 74.8 cm³/mol. The van der Waals surface area contributed by atoms with Gasteiger partial charge in [-0.15, -0.1) is 0 Å². The Morgan fingerprint density at radius 1 is 1.52 bits per heavy atom. The summed E-state index contributed by atoms with van der Waals surface area (Å²) >= 11 is 0. The Labute approximate surface area is 123 Å².